The van der Waals surface area contributed by atoms with Crippen molar-refractivity contribution >= 4 is 7.82 Å². The topological polar surface area (TPSA) is 102 Å². The van der Waals surface area contributed by atoms with Gasteiger partial charge in [-0.05, 0) is 44.5 Å². The molecule has 1 unspecified atom stereocenters. The molecule has 2 aliphatic rings. The smallest absolute Gasteiger partial charge is 0.374 e. The van der Waals surface area contributed by atoms with Crippen molar-refractivity contribution in [2.24, 2.45) is 0 Å². The van der Waals surface area contributed by atoms with E-state index < -0.39 is 38.5 Å². The minimum absolute atomic E-state index is 0.0665. The molecule has 0 radical (unpaired) electrons. The van der Waals surface area contributed by atoms with Crippen molar-refractivity contribution < 1.29 is 42.2 Å². The van der Waals surface area contributed by atoms with E-state index in [1.807, 2.05) is 158 Å². The van der Waals surface area contributed by atoms with Crippen LogP contribution in [0.4, 0.5) is 0 Å². The number of hydrogen-bond acceptors (Lipinski definition) is 8. The summed E-state index contributed by atoms with van der Waals surface area (Å²) in [7, 11) is -4.80. The average molecular weight is 799 g/mol. The predicted molar refractivity (Wildman–Crippen MR) is 220 cm³/mol. The van der Waals surface area contributed by atoms with Crippen LogP contribution < -0.4 is 0 Å². The summed E-state index contributed by atoms with van der Waals surface area (Å²) in [6.45, 7) is 0.888. The Hall–Kier alpha value is -4.77. The Morgan fingerprint density at radius 1 is 0.483 bits per heavy atom. The molecule has 0 aromatic heterocycles. The fourth-order valence-corrected chi connectivity index (χ4v) is 8.43. The van der Waals surface area contributed by atoms with Crippen molar-refractivity contribution in [1.29, 1.82) is 0 Å². The first-order valence-electron chi connectivity index (χ1n) is 19.6. The quantitative estimate of drug-likeness (QED) is 0.0852. The van der Waals surface area contributed by atoms with Gasteiger partial charge in [-0.1, -0.05) is 170 Å². The number of phosphoric acid groups is 1. The highest BCUT2D eigenvalue weighted by atomic mass is 31.2. The van der Waals surface area contributed by atoms with Crippen LogP contribution in [0, 0.1) is 0 Å². The maximum absolute atomic E-state index is 14.1. The number of ether oxygens (including phenoxy) is 5. The summed E-state index contributed by atoms with van der Waals surface area (Å²) in [5.74, 6) is -0.272. The van der Waals surface area contributed by atoms with Crippen LogP contribution in [-0.4, -0.2) is 48.8 Å². The highest BCUT2D eigenvalue weighted by Gasteiger charge is 2.51. The van der Waals surface area contributed by atoms with Crippen LogP contribution >= 0.6 is 7.82 Å². The molecule has 6 aromatic rings. The fourth-order valence-electron chi connectivity index (χ4n) is 7.60. The van der Waals surface area contributed by atoms with E-state index in [2.05, 4.69) is 12.1 Å². The third-order valence-electron chi connectivity index (χ3n) is 10.4. The zero-order valence-corrected chi connectivity index (χ0v) is 32.9. The molecule has 1 N–H and O–H groups in total. The summed E-state index contributed by atoms with van der Waals surface area (Å²) >= 11 is 0. The average Bonchev–Trinajstić information content (AvgIpc) is 3.59. The number of rotatable bonds is 18. The van der Waals surface area contributed by atoms with Crippen LogP contribution in [0.3, 0.4) is 0 Å². The van der Waals surface area contributed by atoms with Gasteiger partial charge in [0.2, 0.25) is 0 Å². The summed E-state index contributed by atoms with van der Waals surface area (Å²) in [5.41, 5.74) is 7.94. The van der Waals surface area contributed by atoms with Crippen molar-refractivity contribution in [2.75, 3.05) is 13.2 Å². The van der Waals surface area contributed by atoms with E-state index >= 15 is 0 Å². The van der Waals surface area contributed by atoms with Gasteiger partial charge in [0, 0.05) is 5.92 Å². The molecule has 8 rings (SSSR count). The zero-order chi connectivity index (χ0) is 39.6. The van der Waals surface area contributed by atoms with Gasteiger partial charge in [0.1, 0.15) is 24.4 Å². The zero-order valence-electron chi connectivity index (χ0n) is 32.0. The lowest BCUT2D eigenvalue weighted by Crippen LogP contribution is -2.61. The lowest BCUT2D eigenvalue weighted by atomic mass is 9.98. The van der Waals surface area contributed by atoms with E-state index in [4.69, 9.17) is 32.7 Å². The SMILES string of the molecule is O=P(O)(OCC1c2ccccc2-c2ccccc21)O[C@H]1O[C@H](COCc2ccccc2)[C@@H](OCc2ccccc2)[C@H](OCc2ccccc2)[C@H]1OCc1ccccc1. The molecule has 0 amide bonds. The van der Waals surface area contributed by atoms with E-state index in [9.17, 15) is 9.46 Å². The summed E-state index contributed by atoms with van der Waals surface area (Å²) in [5, 5.41) is 0. The van der Waals surface area contributed by atoms with Crippen LogP contribution in [0.15, 0.2) is 170 Å². The Morgan fingerprint density at radius 2 is 0.897 bits per heavy atom. The van der Waals surface area contributed by atoms with Gasteiger partial charge in [0.05, 0.1) is 39.6 Å². The number of hydrogen-bond donors (Lipinski definition) is 1. The number of phosphoric ester groups is 1. The van der Waals surface area contributed by atoms with Gasteiger partial charge in [-0.3, -0.25) is 9.05 Å². The van der Waals surface area contributed by atoms with E-state index in [0.717, 1.165) is 44.5 Å². The highest BCUT2D eigenvalue weighted by molar-refractivity contribution is 7.47. The Morgan fingerprint density at radius 3 is 1.40 bits per heavy atom. The molecular weight excluding hydrogens is 751 g/mol. The largest absolute Gasteiger partial charge is 0.474 e. The molecule has 1 heterocycles. The van der Waals surface area contributed by atoms with Gasteiger partial charge in [-0.25, -0.2) is 4.57 Å². The van der Waals surface area contributed by atoms with Crippen LogP contribution in [0.2, 0.25) is 0 Å². The number of fused-ring (bicyclic) bond motifs is 3. The van der Waals surface area contributed by atoms with Crippen molar-refractivity contribution in [3.8, 4) is 11.1 Å². The first-order valence-corrected chi connectivity index (χ1v) is 21.1. The maximum Gasteiger partial charge on any atom is 0.474 e. The lowest BCUT2D eigenvalue weighted by Gasteiger charge is -2.45. The van der Waals surface area contributed by atoms with Crippen LogP contribution in [0.5, 0.6) is 0 Å². The molecule has 9 nitrogen and oxygen atoms in total. The molecule has 58 heavy (non-hydrogen) atoms. The number of benzene rings is 6. The maximum atomic E-state index is 14.1. The second-order valence-corrected chi connectivity index (χ2v) is 15.8. The monoisotopic (exact) mass is 798 g/mol. The van der Waals surface area contributed by atoms with E-state index in [0.29, 0.717) is 6.61 Å². The highest BCUT2D eigenvalue weighted by Crippen LogP contribution is 2.51. The minimum Gasteiger partial charge on any atom is -0.374 e. The molecule has 298 valence electrons. The molecule has 0 saturated carbocycles. The molecule has 1 saturated heterocycles. The summed E-state index contributed by atoms with van der Waals surface area (Å²) < 4.78 is 59.0. The molecule has 1 aliphatic carbocycles. The molecule has 1 fully saturated rings. The van der Waals surface area contributed by atoms with E-state index in [-0.39, 0.29) is 39.0 Å². The Kier molecular flexibility index (Phi) is 13.3. The Labute approximate surface area is 339 Å². The first kappa shape index (κ1) is 40.0. The summed E-state index contributed by atoms with van der Waals surface area (Å²) in [6.07, 6.45) is -4.84. The van der Waals surface area contributed by atoms with Gasteiger partial charge in [0.15, 0.2) is 6.29 Å². The van der Waals surface area contributed by atoms with Crippen molar-refractivity contribution in [3.05, 3.63) is 203 Å². The van der Waals surface area contributed by atoms with Crippen molar-refractivity contribution in [2.45, 2.75) is 63.1 Å². The molecule has 1 aliphatic heterocycles. The summed E-state index contributed by atoms with van der Waals surface area (Å²) in [6, 6.07) is 55.2. The summed E-state index contributed by atoms with van der Waals surface area (Å²) in [4.78, 5) is 11.5. The normalized spacial score (nSPS) is 21.2. The second-order valence-electron chi connectivity index (χ2n) is 14.4. The van der Waals surface area contributed by atoms with Gasteiger partial charge >= 0.3 is 7.82 Å². The lowest BCUT2D eigenvalue weighted by molar-refractivity contribution is -0.312. The van der Waals surface area contributed by atoms with Gasteiger partial charge in [-0.15, -0.1) is 0 Å². The fraction of sp³-hybridized carbons (Fsp3) is 0.250. The molecule has 6 atom stereocenters. The molecule has 0 bridgehead atoms. The standard InChI is InChI=1S/C48H47O9P/c49-58(50,55-33-43-41-27-15-13-25-39(41)40-26-14-16-28-42(40)43)57-48-47(54-32-38-23-11-4-12-24-38)46(53-31-37-21-9-3-10-22-37)45(52-30-36-19-7-2-8-20-36)44(56-48)34-51-29-35-17-5-1-6-18-35/h1-28,43-48H,29-34H2,(H,49,50)/t44-,45-,46+,47-,48-/m1/s1. The third-order valence-corrected chi connectivity index (χ3v) is 11.4. The minimum atomic E-state index is -4.80. The van der Waals surface area contributed by atoms with Gasteiger partial charge in [-0.2, -0.15) is 0 Å². The van der Waals surface area contributed by atoms with E-state index in [1.165, 1.54) is 0 Å². The van der Waals surface area contributed by atoms with E-state index in [1.54, 1.807) is 0 Å². The molecular formula is C48H47O9P. The molecule has 6 aromatic carbocycles. The van der Waals surface area contributed by atoms with Crippen LogP contribution in [0.25, 0.3) is 11.1 Å². The Bertz CT molecular complexity index is 2180. The Balaban J connectivity index is 1.09. The molecule has 0 spiro atoms. The van der Waals surface area contributed by atoms with Crippen LogP contribution in [0.1, 0.15) is 39.3 Å². The first-order chi connectivity index (χ1) is 28.5. The van der Waals surface area contributed by atoms with Crippen LogP contribution in [-0.2, 0) is 63.7 Å². The van der Waals surface area contributed by atoms with Crippen molar-refractivity contribution in [3.63, 3.8) is 0 Å². The predicted octanol–water partition coefficient (Wildman–Crippen LogP) is 9.63. The third kappa shape index (κ3) is 10.1. The van der Waals surface area contributed by atoms with Gasteiger partial charge < -0.3 is 28.6 Å². The second kappa shape index (κ2) is 19.3. The van der Waals surface area contributed by atoms with Crippen molar-refractivity contribution in [1.82, 2.24) is 0 Å². The molecule has 10 heteroatoms. The van der Waals surface area contributed by atoms with Gasteiger partial charge in [0.25, 0.3) is 0 Å².